The molecule has 0 saturated carbocycles. The number of anilines is 1. The second-order valence-corrected chi connectivity index (χ2v) is 6.16. The summed E-state index contributed by atoms with van der Waals surface area (Å²) in [6.07, 6.45) is 2.03. The molecule has 1 aromatic heterocycles. The highest BCUT2D eigenvalue weighted by molar-refractivity contribution is 6.05. The minimum absolute atomic E-state index is 0.129. The fraction of sp³-hybridized carbons (Fsp3) is 0.238. The van der Waals surface area contributed by atoms with Crippen LogP contribution in [0.5, 0.6) is 11.5 Å². The van der Waals surface area contributed by atoms with Gasteiger partial charge in [0.2, 0.25) is 0 Å². The Kier molecular flexibility index (Phi) is 5.84. The molecule has 3 rings (SSSR count). The van der Waals surface area contributed by atoms with Gasteiger partial charge in [-0.2, -0.15) is 0 Å². The van der Waals surface area contributed by atoms with E-state index >= 15 is 0 Å². The first-order valence-corrected chi connectivity index (χ1v) is 8.97. The van der Waals surface area contributed by atoms with E-state index in [1.807, 2.05) is 30.5 Å². The number of likely N-dealkylation sites (N-methyl/N-ethyl adjacent to an activating group) is 1. The van der Waals surface area contributed by atoms with Crippen molar-refractivity contribution >= 4 is 28.4 Å². The van der Waals surface area contributed by atoms with E-state index in [9.17, 15) is 9.59 Å². The number of amides is 2. The molecule has 3 aromatic rings. The Morgan fingerprint density at radius 2 is 1.89 bits per heavy atom. The van der Waals surface area contributed by atoms with Crippen LogP contribution >= 0.6 is 0 Å². The molecule has 0 aliphatic heterocycles. The summed E-state index contributed by atoms with van der Waals surface area (Å²) in [6.45, 7) is 2.85. The van der Waals surface area contributed by atoms with Crippen LogP contribution in [-0.2, 0) is 11.3 Å². The highest BCUT2D eigenvalue weighted by Crippen LogP contribution is 2.28. The summed E-state index contributed by atoms with van der Waals surface area (Å²) < 4.78 is 12.9. The fourth-order valence-corrected chi connectivity index (χ4v) is 2.90. The third-order valence-corrected chi connectivity index (χ3v) is 4.43. The van der Waals surface area contributed by atoms with Gasteiger partial charge in [0.05, 0.1) is 7.11 Å². The number of benzene rings is 2. The highest BCUT2D eigenvalue weighted by Gasteiger charge is 2.13. The van der Waals surface area contributed by atoms with E-state index in [-0.39, 0.29) is 18.4 Å². The number of methoxy groups -OCH3 is 1. The number of nitrogens with one attached hydrogen (secondary N) is 2. The SMILES string of the molecule is CCn1ccc2cc(NC(=O)c3ccc(OCC(=O)NC)c(OC)c3)ccc21. The summed E-state index contributed by atoms with van der Waals surface area (Å²) in [5.41, 5.74) is 2.26. The molecule has 2 amide bonds. The normalized spacial score (nSPS) is 10.5. The molecule has 0 spiro atoms. The first-order chi connectivity index (χ1) is 13.5. The summed E-state index contributed by atoms with van der Waals surface area (Å²) in [7, 11) is 3.01. The van der Waals surface area contributed by atoms with Crippen LogP contribution < -0.4 is 20.1 Å². The number of carbonyl (C=O) groups is 2. The quantitative estimate of drug-likeness (QED) is 0.659. The monoisotopic (exact) mass is 381 g/mol. The Bertz CT molecular complexity index is 1010. The van der Waals surface area contributed by atoms with Crippen molar-refractivity contribution in [1.29, 1.82) is 0 Å². The number of aryl methyl sites for hydroxylation is 1. The van der Waals surface area contributed by atoms with Crippen molar-refractivity contribution in [2.45, 2.75) is 13.5 Å². The van der Waals surface area contributed by atoms with Crippen LogP contribution in [0.4, 0.5) is 5.69 Å². The Labute approximate surface area is 163 Å². The van der Waals surface area contributed by atoms with Crippen LogP contribution in [0.15, 0.2) is 48.7 Å². The molecular formula is C21H23N3O4. The van der Waals surface area contributed by atoms with Crippen LogP contribution in [-0.4, -0.2) is 37.1 Å². The number of nitrogens with zero attached hydrogens (tertiary/aromatic N) is 1. The van der Waals surface area contributed by atoms with Crippen molar-refractivity contribution in [3.63, 3.8) is 0 Å². The molecule has 0 bridgehead atoms. The predicted molar refractivity (Wildman–Crippen MR) is 108 cm³/mol. The largest absolute Gasteiger partial charge is 0.493 e. The minimum Gasteiger partial charge on any atom is -0.493 e. The van der Waals surface area contributed by atoms with Crippen LogP contribution in [0.2, 0.25) is 0 Å². The van der Waals surface area contributed by atoms with Gasteiger partial charge in [-0.1, -0.05) is 0 Å². The predicted octanol–water partition coefficient (Wildman–Crippen LogP) is 3.05. The van der Waals surface area contributed by atoms with E-state index in [1.54, 1.807) is 18.2 Å². The average Bonchev–Trinajstić information content (AvgIpc) is 3.14. The number of aromatic nitrogens is 1. The molecular weight excluding hydrogens is 358 g/mol. The van der Waals surface area contributed by atoms with Crippen molar-refractivity contribution in [3.05, 3.63) is 54.2 Å². The van der Waals surface area contributed by atoms with Gasteiger partial charge in [0, 0.05) is 41.9 Å². The van der Waals surface area contributed by atoms with E-state index in [0.29, 0.717) is 22.7 Å². The van der Waals surface area contributed by atoms with Gasteiger partial charge in [0.1, 0.15) is 0 Å². The van der Waals surface area contributed by atoms with Gasteiger partial charge < -0.3 is 24.7 Å². The average molecular weight is 381 g/mol. The Hall–Kier alpha value is -3.48. The standard InChI is InChI=1S/C21H23N3O4/c1-4-24-10-9-14-11-16(6-7-17(14)24)23-21(26)15-5-8-18(19(12-15)27-3)28-13-20(25)22-2/h5-12H,4,13H2,1-3H3,(H,22,25)(H,23,26). The summed E-state index contributed by atoms with van der Waals surface area (Å²) >= 11 is 0. The zero-order chi connectivity index (χ0) is 20.1. The molecule has 2 N–H and O–H groups in total. The smallest absolute Gasteiger partial charge is 0.257 e. The molecule has 7 heteroatoms. The summed E-state index contributed by atoms with van der Waals surface area (Å²) in [6, 6.07) is 12.7. The zero-order valence-electron chi connectivity index (χ0n) is 16.1. The maximum absolute atomic E-state index is 12.6. The number of carbonyl (C=O) groups excluding carboxylic acids is 2. The first kappa shape index (κ1) is 19.3. The maximum atomic E-state index is 12.6. The van der Waals surface area contributed by atoms with Crippen molar-refractivity contribution < 1.29 is 19.1 Å². The van der Waals surface area contributed by atoms with Crippen LogP contribution in [0.3, 0.4) is 0 Å². The number of rotatable bonds is 7. The third-order valence-electron chi connectivity index (χ3n) is 4.43. The van der Waals surface area contributed by atoms with Gasteiger partial charge in [-0.05, 0) is 49.4 Å². The number of hydrogen-bond donors (Lipinski definition) is 2. The Morgan fingerprint density at radius 1 is 1.07 bits per heavy atom. The second-order valence-electron chi connectivity index (χ2n) is 6.16. The van der Waals surface area contributed by atoms with Gasteiger partial charge in [-0.3, -0.25) is 9.59 Å². The van der Waals surface area contributed by atoms with Crippen LogP contribution in [0.25, 0.3) is 10.9 Å². The molecule has 0 aliphatic carbocycles. The van der Waals surface area contributed by atoms with Gasteiger partial charge in [-0.25, -0.2) is 0 Å². The summed E-state index contributed by atoms with van der Waals surface area (Å²) in [5.74, 6) is 0.263. The number of hydrogen-bond acceptors (Lipinski definition) is 4. The Morgan fingerprint density at radius 3 is 2.61 bits per heavy atom. The van der Waals surface area contributed by atoms with Crippen LogP contribution in [0.1, 0.15) is 17.3 Å². The number of fused-ring (bicyclic) bond motifs is 1. The summed E-state index contributed by atoms with van der Waals surface area (Å²) in [4.78, 5) is 24.0. The van der Waals surface area contributed by atoms with Crippen molar-refractivity contribution in [2.75, 3.05) is 26.1 Å². The fourth-order valence-electron chi connectivity index (χ4n) is 2.90. The maximum Gasteiger partial charge on any atom is 0.257 e. The topological polar surface area (TPSA) is 81.6 Å². The van der Waals surface area contributed by atoms with E-state index in [2.05, 4.69) is 22.1 Å². The lowest BCUT2D eigenvalue weighted by molar-refractivity contribution is -0.122. The lowest BCUT2D eigenvalue weighted by atomic mass is 10.1. The molecule has 28 heavy (non-hydrogen) atoms. The summed E-state index contributed by atoms with van der Waals surface area (Å²) in [5, 5.41) is 6.44. The van der Waals surface area contributed by atoms with E-state index in [4.69, 9.17) is 9.47 Å². The van der Waals surface area contributed by atoms with E-state index in [1.165, 1.54) is 14.2 Å². The van der Waals surface area contributed by atoms with Crippen molar-refractivity contribution in [1.82, 2.24) is 9.88 Å². The molecule has 2 aromatic carbocycles. The lowest BCUT2D eigenvalue weighted by Crippen LogP contribution is -2.25. The molecule has 0 radical (unpaired) electrons. The van der Waals surface area contributed by atoms with Gasteiger partial charge >= 0.3 is 0 Å². The van der Waals surface area contributed by atoms with E-state index < -0.39 is 0 Å². The van der Waals surface area contributed by atoms with Crippen molar-refractivity contribution in [3.8, 4) is 11.5 Å². The van der Waals surface area contributed by atoms with Gasteiger partial charge in [0.25, 0.3) is 11.8 Å². The molecule has 0 fully saturated rings. The highest BCUT2D eigenvalue weighted by atomic mass is 16.5. The number of ether oxygens (including phenoxy) is 2. The lowest BCUT2D eigenvalue weighted by Gasteiger charge is -2.12. The van der Waals surface area contributed by atoms with Gasteiger partial charge in [0.15, 0.2) is 18.1 Å². The molecule has 1 heterocycles. The molecule has 0 saturated heterocycles. The van der Waals surface area contributed by atoms with Crippen LogP contribution in [0, 0.1) is 0 Å². The third kappa shape index (κ3) is 4.09. The molecule has 0 atom stereocenters. The molecule has 0 unspecified atom stereocenters. The van der Waals surface area contributed by atoms with Crippen molar-refractivity contribution in [2.24, 2.45) is 0 Å². The molecule has 7 nitrogen and oxygen atoms in total. The minimum atomic E-state index is -0.259. The molecule has 146 valence electrons. The zero-order valence-corrected chi connectivity index (χ0v) is 16.1. The Balaban J connectivity index is 1.75. The first-order valence-electron chi connectivity index (χ1n) is 8.97. The van der Waals surface area contributed by atoms with Gasteiger partial charge in [-0.15, -0.1) is 0 Å². The van der Waals surface area contributed by atoms with E-state index in [0.717, 1.165) is 17.4 Å². The molecule has 0 aliphatic rings. The second kappa shape index (κ2) is 8.47.